The van der Waals surface area contributed by atoms with Crippen LogP contribution in [0.1, 0.15) is 43.5 Å². The van der Waals surface area contributed by atoms with Gasteiger partial charge in [-0.25, -0.2) is 0 Å². The molecule has 31 heavy (non-hydrogen) atoms. The van der Waals surface area contributed by atoms with Gasteiger partial charge in [0.05, 0.1) is 30.9 Å². The molecule has 1 N–H and O–H groups in total. The molecule has 164 valence electrons. The van der Waals surface area contributed by atoms with E-state index < -0.39 is 17.7 Å². The van der Waals surface area contributed by atoms with E-state index >= 15 is 0 Å². The molecule has 6 nitrogen and oxygen atoms in total. The minimum Gasteiger partial charge on any atom is -0.507 e. The van der Waals surface area contributed by atoms with E-state index in [0.29, 0.717) is 11.3 Å². The van der Waals surface area contributed by atoms with Gasteiger partial charge in [0.15, 0.2) is 0 Å². The summed E-state index contributed by atoms with van der Waals surface area (Å²) in [7, 11) is 3.05. The number of carbonyl (C=O) groups is 2. The van der Waals surface area contributed by atoms with Crippen molar-refractivity contribution >= 4 is 17.4 Å². The lowest BCUT2D eigenvalue weighted by Crippen LogP contribution is -2.32. The third-order valence-corrected chi connectivity index (χ3v) is 5.51. The van der Waals surface area contributed by atoms with Crippen molar-refractivity contribution in [1.82, 2.24) is 4.90 Å². The molecule has 1 saturated heterocycles. The number of aliphatic hydroxyl groups is 1. The van der Waals surface area contributed by atoms with Crippen LogP contribution in [0.2, 0.25) is 0 Å². The van der Waals surface area contributed by atoms with Crippen LogP contribution in [0.25, 0.3) is 5.76 Å². The van der Waals surface area contributed by atoms with Crippen LogP contribution in [-0.4, -0.2) is 49.1 Å². The van der Waals surface area contributed by atoms with Crippen LogP contribution in [0, 0.1) is 0 Å². The monoisotopic (exact) mass is 423 g/mol. The van der Waals surface area contributed by atoms with Gasteiger partial charge in [-0.2, -0.15) is 0 Å². The van der Waals surface area contributed by atoms with Crippen LogP contribution in [0.15, 0.2) is 54.1 Å². The zero-order valence-corrected chi connectivity index (χ0v) is 18.6. The molecule has 1 fully saturated rings. The standard InChI is InChI=1S/C25H29NO5/c1-25(2,3)17-11-12-19(31-5)18(15-17)22(27)20-21(16-9-7-6-8-10-16)26(13-14-30-4)24(29)23(20)28/h6-12,15,21,27H,13-14H2,1-5H3/b22-20+. The second kappa shape index (κ2) is 8.94. The number of amides is 1. The Kier molecular flexibility index (Phi) is 6.51. The molecule has 0 aliphatic carbocycles. The summed E-state index contributed by atoms with van der Waals surface area (Å²) in [6.45, 7) is 6.70. The quantitative estimate of drug-likeness (QED) is 0.431. The fraction of sp³-hybridized carbons (Fsp3) is 0.360. The number of benzene rings is 2. The molecule has 0 bridgehead atoms. The van der Waals surface area contributed by atoms with E-state index in [1.807, 2.05) is 42.5 Å². The molecule has 1 amide bonds. The number of methoxy groups -OCH3 is 2. The van der Waals surface area contributed by atoms with E-state index in [-0.39, 0.29) is 29.9 Å². The second-order valence-electron chi connectivity index (χ2n) is 8.56. The summed E-state index contributed by atoms with van der Waals surface area (Å²) < 4.78 is 10.6. The van der Waals surface area contributed by atoms with Crippen molar-refractivity contribution in [3.63, 3.8) is 0 Å². The summed E-state index contributed by atoms with van der Waals surface area (Å²) in [5.74, 6) is -1.18. The van der Waals surface area contributed by atoms with Gasteiger partial charge in [0.1, 0.15) is 11.5 Å². The van der Waals surface area contributed by atoms with Gasteiger partial charge < -0.3 is 19.5 Å². The van der Waals surface area contributed by atoms with E-state index in [2.05, 4.69) is 20.8 Å². The summed E-state index contributed by atoms with van der Waals surface area (Å²) in [5, 5.41) is 11.4. The number of rotatable bonds is 6. The average molecular weight is 424 g/mol. The van der Waals surface area contributed by atoms with E-state index in [1.54, 1.807) is 6.07 Å². The first kappa shape index (κ1) is 22.6. The number of Topliss-reactive ketones (excluding diaryl/α,β-unsaturated/α-hetero) is 1. The minimum absolute atomic E-state index is 0.0525. The van der Waals surface area contributed by atoms with Crippen LogP contribution in [0.4, 0.5) is 0 Å². The van der Waals surface area contributed by atoms with Crippen molar-refractivity contribution in [1.29, 1.82) is 0 Å². The molecule has 2 aromatic rings. The number of carbonyl (C=O) groups excluding carboxylic acids is 2. The number of ether oxygens (including phenoxy) is 2. The maximum Gasteiger partial charge on any atom is 0.295 e. The summed E-state index contributed by atoms with van der Waals surface area (Å²) in [5.41, 5.74) is 1.98. The number of nitrogens with zero attached hydrogens (tertiary/aromatic N) is 1. The molecule has 0 spiro atoms. The first-order chi connectivity index (χ1) is 14.7. The SMILES string of the molecule is COCCN1C(=O)C(=O)/C(=C(/O)c2cc(C(C)(C)C)ccc2OC)C1c1ccccc1. The number of hydrogen-bond donors (Lipinski definition) is 1. The van der Waals surface area contributed by atoms with Crippen molar-refractivity contribution < 1.29 is 24.2 Å². The minimum atomic E-state index is -0.717. The number of aliphatic hydroxyl groups excluding tert-OH is 1. The molecule has 1 heterocycles. The average Bonchev–Trinajstić information content (AvgIpc) is 3.01. The van der Waals surface area contributed by atoms with Crippen molar-refractivity contribution in [2.75, 3.05) is 27.4 Å². The fourth-order valence-corrected chi connectivity index (χ4v) is 3.79. The van der Waals surface area contributed by atoms with Crippen molar-refractivity contribution in [3.05, 3.63) is 70.8 Å². The molecule has 0 aromatic heterocycles. The Morgan fingerprint density at radius 3 is 2.32 bits per heavy atom. The molecule has 2 aromatic carbocycles. The highest BCUT2D eigenvalue weighted by molar-refractivity contribution is 6.46. The number of ketones is 1. The zero-order valence-electron chi connectivity index (χ0n) is 18.6. The molecule has 1 unspecified atom stereocenters. The predicted octanol–water partition coefficient (Wildman–Crippen LogP) is 4.06. The molecule has 1 aliphatic heterocycles. The Bertz CT molecular complexity index is 1000. The predicted molar refractivity (Wildman–Crippen MR) is 119 cm³/mol. The topological polar surface area (TPSA) is 76.1 Å². The highest BCUT2D eigenvalue weighted by atomic mass is 16.5. The van der Waals surface area contributed by atoms with Gasteiger partial charge in [0.2, 0.25) is 0 Å². The van der Waals surface area contributed by atoms with Gasteiger partial charge in [-0.1, -0.05) is 57.2 Å². The van der Waals surface area contributed by atoms with Gasteiger partial charge in [-0.05, 0) is 28.7 Å². The zero-order chi connectivity index (χ0) is 22.8. The Labute approximate surface area is 183 Å². The Morgan fingerprint density at radius 1 is 1.06 bits per heavy atom. The highest BCUT2D eigenvalue weighted by Crippen LogP contribution is 2.41. The maximum absolute atomic E-state index is 13.1. The first-order valence-corrected chi connectivity index (χ1v) is 10.2. The Hall–Kier alpha value is -3.12. The third-order valence-electron chi connectivity index (χ3n) is 5.51. The summed E-state index contributed by atoms with van der Waals surface area (Å²) >= 11 is 0. The lowest BCUT2D eigenvalue weighted by Gasteiger charge is -2.25. The van der Waals surface area contributed by atoms with Gasteiger partial charge in [-0.3, -0.25) is 9.59 Å². The van der Waals surface area contributed by atoms with Crippen LogP contribution in [0.5, 0.6) is 5.75 Å². The van der Waals surface area contributed by atoms with E-state index in [1.165, 1.54) is 19.1 Å². The molecule has 1 atom stereocenters. The molecular formula is C25H29NO5. The van der Waals surface area contributed by atoms with Gasteiger partial charge in [-0.15, -0.1) is 0 Å². The smallest absolute Gasteiger partial charge is 0.295 e. The first-order valence-electron chi connectivity index (χ1n) is 10.2. The van der Waals surface area contributed by atoms with Crippen LogP contribution in [-0.2, 0) is 19.7 Å². The Balaban J connectivity index is 2.24. The number of likely N-dealkylation sites (tertiary alicyclic amines) is 1. The largest absolute Gasteiger partial charge is 0.507 e. The van der Waals surface area contributed by atoms with E-state index in [0.717, 1.165) is 11.1 Å². The summed E-state index contributed by atoms with van der Waals surface area (Å²) in [4.78, 5) is 27.4. The summed E-state index contributed by atoms with van der Waals surface area (Å²) in [6, 6.07) is 14.0. The van der Waals surface area contributed by atoms with Crippen LogP contribution < -0.4 is 4.74 Å². The molecule has 6 heteroatoms. The van der Waals surface area contributed by atoms with Gasteiger partial charge >= 0.3 is 0 Å². The molecule has 0 saturated carbocycles. The van der Waals surface area contributed by atoms with Crippen molar-refractivity contribution in [2.45, 2.75) is 32.2 Å². The van der Waals surface area contributed by atoms with Gasteiger partial charge in [0.25, 0.3) is 11.7 Å². The third kappa shape index (κ3) is 4.35. The van der Waals surface area contributed by atoms with Crippen LogP contribution >= 0.6 is 0 Å². The normalized spacial score (nSPS) is 18.5. The van der Waals surface area contributed by atoms with Gasteiger partial charge in [0, 0.05) is 13.7 Å². The lowest BCUT2D eigenvalue weighted by molar-refractivity contribution is -0.140. The molecule has 0 radical (unpaired) electrons. The molecular weight excluding hydrogens is 394 g/mol. The lowest BCUT2D eigenvalue weighted by atomic mass is 9.85. The highest BCUT2D eigenvalue weighted by Gasteiger charge is 2.46. The molecule has 1 aliphatic rings. The van der Waals surface area contributed by atoms with E-state index in [4.69, 9.17) is 9.47 Å². The fourth-order valence-electron chi connectivity index (χ4n) is 3.79. The van der Waals surface area contributed by atoms with E-state index in [9.17, 15) is 14.7 Å². The van der Waals surface area contributed by atoms with Crippen molar-refractivity contribution in [2.24, 2.45) is 0 Å². The number of hydrogen-bond acceptors (Lipinski definition) is 5. The molecule has 3 rings (SSSR count). The maximum atomic E-state index is 13.1. The summed E-state index contributed by atoms with van der Waals surface area (Å²) in [6.07, 6.45) is 0. The van der Waals surface area contributed by atoms with Crippen LogP contribution in [0.3, 0.4) is 0 Å². The second-order valence-corrected chi connectivity index (χ2v) is 8.56. The van der Waals surface area contributed by atoms with Crippen molar-refractivity contribution in [3.8, 4) is 5.75 Å². The Morgan fingerprint density at radius 2 is 1.74 bits per heavy atom.